The van der Waals surface area contributed by atoms with Crippen molar-refractivity contribution in [3.05, 3.63) is 0 Å². The van der Waals surface area contributed by atoms with Crippen molar-refractivity contribution in [3.8, 4) is 6.07 Å². The molecule has 0 aliphatic carbocycles. The Morgan fingerprint density at radius 2 is 2.12 bits per heavy atom. The van der Waals surface area contributed by atoms with Crippen LogP contribution in [0.5, 0.6) is 0 Å². The average Bonchev–Trinajstić information content (AvgIpc) is 2.34. The Labute approximate surface area is 97.2 Å². The quantitative estimate of drug-likeness (QED) is 0.327. The lowest BCUT2D eigenvalue weighted by Crippen LogP contribution is -2.52. The smallest absolute Gasteiger partial charge is 0.243 e. The molecule has 0 aromatic carbocycles. The molecule has 1 fully saturated rings. The summed E-state index contributed by atoms with van der Waals surface area (Å²) in [6.07, 6.45) is -5.29. The van der Waals surface area contributed by atoms with Gasteiger partial charge in [0.1, 0.15) is 24.4 Å². The van der Waals surface area contributed by atoms with Crippen LogP contribution in [0.15, 0.2) is 4.99 Å². The summed E-state index contributed by atoms with van der Waals surface area (Å²) >= 11 is 0. The lowest BCUT2D eigenvalue weighted by atomic mass is 10.0. The van der Waals surface area contributed by atoms with Crippen LogP contribution in [0.4, 0.5) is 0 Å². The first-order valence-corrected chi connectivity index (χ1v) is 4.78. The number of nitrogens with zero attached hydrogens (tertiary/aromatic N) is 2. The van der Waals surface area contributed by atoms with Gasteiger partial charge >= 0.3 is 0 Å². The summed E-state index contributed by atoms with van der Waals surface area (Å²) in [5.41, 5.74) is -0.361. The molecule has 0 aromatic heterocycles. The normalized spacial score (nSPS) is 33.9. The van der Waals surface area contributed by atoms with E-state index in [0.717, 1.165) is 0 Å². The fourth-order valence-corrected chi connectivity index (χ4v) is 1.27. The second-order valence-corrected chi connectivity index (χ2v) is 3.40. The third kappa shape index (κ3) is 2.98. The van der Waals surface area contributed by atoms with E-state index in [0.29, 0.717) is 0 Å². The summed E-state index contributed by atoms with van der Waals surface area (Å²) in [6.45, 7) is -0.217. The third-order valence-corrected chi connectivity index (χ3v) is 2.26. The number of aliphatic hydroxyl groups is 3. The Balaban J connectivity index is 2.83. The number of methoxy groups -OCH3 is 1. The summed E-state index contributed by atoms with van der Waals surface area (Å²) in [7, 11) is 1.20. The first kappa shape index (κ1) is 13.5. The number of nitrogens with one attached hydrogen (secondary N) is 1. The SMILES string of the molecule is COC(=N)C(C#N)=N[C@H]1OC[C@@H](O)[C@@H](O)[C@H]1O. The zero-order valence-corrected chi connectivity index (χ0v) is 9.07. The minimum absolute atomic E-state index is 0.217. The van der Waals surface area contributed by atoms with E-state index in [9.17, 15) is 15.3 Å². The maximum atomic E-state index is 9.54. The highest BCUT2D eigenvalue weighted by atomic mass is 16.5. The van der Waals surface area contributed by atoms with E-state index in [1.807, 2.05) is 0 Å². The molecule has 17 heavy (non-hydrogen) atoms. The molecule has 1 rings (SSSR count). The van der Waals surface area contributed by atoms with Gasteiger partial charge in [0.2, 0.25) is 5.90 Å². The van der Waals surface area contributed by atoms with Crippen molar-refractivity contribution in [1.82, 2.24) is 0 Å². The van der Waals surface area contributed by atoms with E-state index in [4.69, 9.17) is 15.4 Å². The average molecular weight is 243 g/mol. The van der Waals surface area contributed by atoms with Gasteiger partial charge in [-0.25, -0.2) is 4.99 Å². The van der Waals surface area contributed by atoms with E-state index in [1.54, 1.807) is 6.07 Å². The highest BCUT2D eigenvalue weighted by Crippen LogP contribution is 2.16. The fraction of sp³-hybridized carbons (Fsp3) is 0.667. The Morgan fingerprint density at radius 3 is 2.65 bits per heavy atom. The van der Waals surface area contributed by atoms with E-state index < -0.39 is 30.4 Å². The molecule has 4 N–H and O–H groups in total. The van der Waals surface area contributed by atoms with Gasteiger partial charge in [-0.15, -0.1) is 0 Å². The van der Waals surface area contributed by atoms with E-state index in [-0.39, 0.29) is 12.3 Å². The molecule has 8 heteroatoms. The topological polar surface area (TPSA) is 139 Å². The number of rotatable bonds is 2. The molecule has 94 valence electrons. The van der Waals surface area contributed by atoms with Crippen molar-refractivity contribution in [1.29, 1.82) is 10.7 Å². The van der Waals surface area contributed by atoms with Gasteiger partial charge in [0, 0.05) is 0 Å². The first-order chi connectivity index (χ1) is 8.01. The monoisotopic (exact) mass is 243 g/mol. The van der Waals surface area contributed by atoms with E-state index in [1.165, 1.54) is 7.11 Å². The van der Waals surface area contributed by atoms with E-state index >= 15 is 0 Å². The van der Waals surface area contributed by atoms with Gasteiger partial charge in [-0.05, 0) is 0 Å². The first-order valence-electron chi connectivity index (χ1n) is 4.78. The van der Waals surface area contributed by atoms with Crippen LogP contribution in [0.25, 0.3) is 0 Å². The summed E-state index contributed by atoms with van der Waals surface area (Å²) in [5, 5.41) is 44.1. The van der Waals surface area contributed by atoms with Crippen LogP contribution in [0.1, 0.15) is 0 Å². The van der Waals surface area contributed by atoms with Gasteiger partial charge in [-0.1, -0.05) is 0 Å². The van der Waals surface area contributed by atoms with Gasteiger partial charge in [-0.3, -0.25) is 5.41 Å². The molecule has 8 nitrogen and oxygen atoms in total. The fourth-order valence-electron chi connectivity index (χ4n) is 1.27. The van der Waals surface area contributed by atoms with Crippen molar-refractivity contribution >= 4 is 11.6 Å². The summed E-state index contributed by atoms with van der Waals surface area (Å²) in [6, 6.07) is 1.61. The Morgan fingerprint density at radius 1 is 1.47 bits per heavy atom. The van der Waals surface area contributed by atoms with Crippen molar-refractivity contribution in [2.45, 2.75) is 24.5 Å². The maximum Gasteiger partial charge on any atom is 0.243 e. The molecule has 0 spiro atoms. The molecule has 0 saturated carbocycles. The molecule has 0 aromatic rings. The standard InChI is InChI=1S/C9H13N3O5/c1-16-8(11)4(2-10)12-9-7(15)6(14)5(13)3-17-9/h5-7,9,11,13-15H,3H2,1H3/t5-,6-,7-,9+/m1/s1. The molecule has 4 atom stereocenters. The van der Waals surface area contributed by atoms with Gasteiger partial charge in [0.15, 0.2) is 11.9 Å². The Kier molecular flexibility index (Phi) is 4.53. The van der Waals surface area contributed by atoms with Crippen molar-refractivity contribution in [2.75, 3.05) is 13.7 Å². The highest BCUT2D eigenvalue weighted by Gasteiger charge is 2.37. The third-order valence-electron chi connectivity index (χ3n) is 2.26. The Bertz CT molecular complexity index is 364. The Hall–Kier alpha value is -1.53. The zero-order valence-electron chi connectivity index (χ0n) is 9.07. The molecule has 1 saturated heterocycles. The maximum absolute atomic E-state index is 9.54. The van der Waals surface area contributed by atoms with Crippen LogP contribution in [0, 0.1) is 16.7 Å². The second kappa shape index (κ2) is 5.70. The summed E-state index contributed by atoms with van der Waals surface area (Å²) in [5.74, 6) is -0.469. The zero-order chi connectivity index (χ0) is 13.0. The van der Waals surface area contributed by atoms with Gasteiger partial charge in [0.05, 0.1) is 13.7 Å². The van der Waals surface area contributed by atoms with E-state index in [2.05, 4.69) is 9.73 Å². The lowest BCUT2D eigenvalue weighted by Gasteiger charge is -2.33. The minimum Gasteiger partial charge on any atom is -0.479 e. The van der Waals surface area contributed by atoms with Crippen LogP contribution in [0.2, 0.25) is 0 Å². The molecule has 0 amide bonds. The molecule has 1 heterocycles. The lowest BCUT2D eigenvalue weighted by molar-refractivity contribution is -0.183. The molecular weight excluding hydrogens is 230 g/mol. The van der Waals surface area contributed by atoms with Crippen LogP contribution < -0.4 is 0 Å². The number of hydrogen-bond donors (Lipinski definition) is 4. The molecule has 0 radical (unpaired) electrons. The van der Waals surface area contributed by atoms with Gasteiger partial charge in [-0.2, -0.15) is 5.26 Å². The second-order valence-electron chi connectivity index (χ2n) is 3.40. The predicted molar refractivity (Wildman–Crippen MR) is 55.5 cm³/mol. The van der Waals surface area contributed by atoms with Crippen LogP contribution in [-0.2, 0) is 9.47 Å². The predicted octanol–water partition coefficient (Wildman–Crippen LogP) is -1.99. The molecule has 1 aliphatic heterocycles. The number of aliphatic imine (C=N–C) groups is 1. The summed E-state index contributed by atoms with van der Waals surface area (Å²) < 4.78 is 9.46. The molecular formula is C9H13N3O5. The number of nitriles is 1. The number of ether oxygens (including phenoxy) is 2. The molecule has 0 bridgehead atoms. The van der Waals surface area contributed by atoms with Crippen LogP contribution in [0.3, 0.4) is 0 Å². The van der Waals surface area contributed by atoms with Gasteiger partial charge in [0.25, 0.3) is 0 Å². The minimum atomic E-state index is -1.47. The molecule has 1 aliphatic rings. The van der Waals surface area contributed by atoms with Gasteiger partial charge < -0.3 is 24.8 Å². The molecule has 0 unspecified atom stereocenters. The van der Waals surface area contributed by atoms with Crippen LogP contribution in [-0.4, -0.2) is 65.2 Å². The van der Waals surface area contributed by atoms with Crippen molar-refractivity contribution in [2.24, 2.45) is 4.99 Å². The largest absolute Gasteiger partial charge is 0.479 e. The summed E-state index contributed by atoms with van der Waals surface area (Å²) in [4.78, 5) is 3.65. The number of aliphatic hydroxyl groups excluding tert-OH is 3. The highest BCUT2D eigenvalue weighted by molar-refractivity contribution is 6.44. The van der Waals surface area contributed by atoms with Crippen molar-refractivity contribution in [3.63, 3.8) is 0 Å². The van der Waals surface area contributed by atoms with Crippen molar-refractivity contribution < 1.29 is 24.8 Å². The number of hydrogen-bond acceptors (Lipinski definition) is 8. The van der Waals surface area contributed by atoms with Crippen LogP contribution >= 0.6 is 0 Å².